The third kappa shape index (κ3) is 1.13. The van der Waals surface area contributed by atoms with Crippen LogP contribution in [0, 0.1) is 18.3 Å². The maximum Gasteiger partial charge on any atom is 0.0237 e. The molecule has 0 saturated carbocycles. The van der Waals surface area contributed by atoms with E-state index in [0.717, 1.165) is 6.42 Å². The molecule has 0 aromatic carbocycles. The Labute approximate surface area is 50.6 Å². The van der Waals surface area contributed by atoms with Gasteiger partial charge in [0.25, 0.3) is 0 Å². The molecule has 1 unspecified atom stereocenters. The van der Waals surface area contributed by atoms with E-state index >= 15 is 0 Å². The molecule has 0 nitrogen and oxygen atoms in total. The Balaban J connectivity index is 2.41. The molecule has 0 radical (unpaired) electrons. The van der Waals surface area contributed by atoms with E-state index in [2.05, 4.69) is 18.1 Å². The first-order valence-electron chi connectivity index (χ1n) is 3.04. The highest BCUT2D eigenvalue weighted by Crippen LogP contribution is 2.15. The zero-order valence-electron chi connectivity index (χ0n) is 4.93. The minimum absolute atomic E-state index is 0.528. The molecule has 0 aromatic rings. The van der Waals surface area contributed by atoms with E-state index < -0.39 is 0 Å². The molecule has 8 heavy (non-hydrogen) atoms. The first kappa shape index (κ1) is 5.44. The van der Waals surface area contributed by atoms with Gasteiger partial charge in [0.2, 0.25) is 0 Å². The predicted octanol–water partition coefficient (Wildman–Crippen LogP) is 1.98. The van der Waals surface area contributed by atoms with Crippen molar-refractivity contribution < 1.29 is 0 Å². The first-order valence-corrected chi connectivity index (χ1v) is 3.04. The van der Waals surface area contributed by atoms with Crippen LogP contribution in [-0.2, 0) is 0 Å². The van der Waals surface area contributed by atoms with Crippen molar-refractivity contribution in [1.82, 2.24) is 0 Å². The fraction of sp³-hybridized carbons (Fsp3) is 0.500. The van der Waals surface area contributed by atoms with E-state index in [1.807, 2.05) is 0 Å². The maximum absolute atomic E-state index is 5.22. The molecule has 1 aliphatic rings. The summed E-state index contributed by atoms with van der Waals surface area (Å²) in [6.45, 7) is 0. The van der Waals surface area contributed by atoms with Crippen LogP contribution in [0.1, 0.15) is 19.3 Å². The lowest BCUT2D eigenvalue weighted by molar-refractivity contribution is 0.603. The number of hydrogen-bond donors (Lipinski definition) is 0. The van der Waals surface area contributed by atoms with Gasteiger partial charge in [0, 0.05) is 5.92 Å². The topological polar surface area (TPSA) is 0 Å². The molecule has 0 heterocycles. The summed E-state index contributed by atoms with van der Waals surface area (Å²) in [4.78, 5) is 0. The van der Waals surface area contributed by atoms with Crippen molar-refractivity contribution in [2.75, 3.05) is 0 Å². The standard InChI is InChI=1S/C8H10/c1-2-8-6-4-3-5-7-8/h1,3-4,8H,5-7H2. The van der Waals surface area contributed by atoms with Crippen molar-refractivity contribution in [2.24, 2.45) is 5.92 Å². The van der Waals surface area contributed by atoms with Crippen LogP contribution in [-0.4, -0.2) is 0 Å². The summed E-state index contributed by atoms with van der Waals surface area (Å²) >= 11 is 0. The van der Waals surface area contributed by atoms with Gasteiger partial charge in [-0.05, 0) is 19.3 Å². The van der Waals surface area contributed by atoms with Gasteiger partial charge in [-0.3, -0.25) is 0 Å². The van der Waals surface area contributed by atoms with Crippen molar-refractivity contribution in [2.45, 2.75) is 19.3 Å². The SMILES string of the molecule is C#CC1CC=CCC1. The Bertz CT molecular complexity index is 125. The van der Waals surface area contributed by atoms with Gasteiger partial charge in [-0.1, -0.05) is 12.2 Å². The number of hydrogen-bond acceptors (Lipinski definition) is 0. The van der Waals surface area contributed by atoms with Crippen LogP contribution in [0.15, 0.2) is 12.2 Å². The minimum Gasteiger partial charge on any atom is -0.120 e. The molecule has 0 spiro atoms. The summed E-state index contributed by atoms with van der Waals surface area (Å²) in [6.07, 6.45) is 13.1. The Morgan fingerprint density at radius 3 is 2.75 bits per heavy atom. The molecule has 0 bridgehead atoms. The van der Waals surface area contributed by atoms with Crippen molar-refractivity contribution in [3.8, 4) is 12.3 Å². The average Bonchev–Trinajstić information content (AvgIpc) is 1.90. The van der Waals surface area contributed by atoms with Gasteiger partial charge in [0.15, 0.2) is 0 Å². The summed E-state index contributed by atoms with van der Waals surface area (Å²) in [5, 5.41) is 0. The van der Waals surface area contributed by atoms with E-state index in [1.165, 1.54) is 12.8 Å². The van der Waals surface area contributed by atoms with Crippen LogP contribution in [0.3, 0.4) is 0 Å². The quantitative estimate of drug-likeness (QED) is 0.327. The zero-order valence-corrected chi connectivity index (χ0v) is 4.93. The van der Waals surface area contributed by atoms with E-state index in [0.29, 0.717) is 5.92 Å². The number of allylic oxidation sites excluding steroid dienone is 2. The summed E-state index contributed by atoms with van der Waals surface area (Å²) in [7, 11) is 0. The average molecular weight is 106 g/mol. The third-order valence-electron chi connectivity index (χ3n) is 1.50. The fourth-order valence-electron chi connectivity index (χ4n) is 0.945. The zero-order chi connectivity index (χ0) is 5.82. The van der Waals surface area contributed by atoms with Crippen LogP contribution >= 0.6 is 0 Å². The lowest BCUT2D eigenvalue weighted by atomic mass is 9.96. The van der Waals surface area contributed by atoms with Gasteiger partial charge in [-0.2, -0.15) is 0 Å². The smallest absolute Gasteiger partial charge is 0.0237 e. The monoisotopic (exact) mass is 106 g/mol. The van der Waals surface area contributed by atoms with Crippen molar-refractivity contribution in [1.29, 1.82) is 0 Å². The molecule has 0 aromatic heterocycles. The molecule has 1 aliphatic carbocycles. The largest absolute Gasteiger partial charge is 0.120 e. The Hall–Kier alpha value is -0.700. The molecular weight excluding hydrogens is 96.1 g/mol. The highest BCUT2D eigenvalue weighted by Gasteiger charge is 2.03. The predicted molar refractivity (Wildman–Crippen MR) is 35.3 cm³/mol. The molecular formula is C8H10. The van der Waals surface area contributed by atoms with Crippen molar-refractivity contribution in [3.05, 3.63) is 12.2 Å². The number of terminal acetylenes is 1. The molecule has 1 rings (SSSR count). The summed E-state index contributed by atoms with van der Waals surface area (Å²) in [5.41, 5.74) is 0. The molecule has 0 amide bonds. The summed E-state index contributed by atoms with van der Waals surface area (Å²) in [6, 6.07) is 0. The van der Waals surface area contributed by atoms with Crippen molar-refractivity contribution >= 4 is 0 Å². The lowest BCUT2D eigenvalue weighted by Crippen LogP contribution is -1.97. The van der Waals surface area contributed by atoms with Crippen LogP contribution in [0.5, 0.6) is 0 Å². The molecule has 1 atom stereocenters. The highest BCUT2D eigenvalue weighted by atomic mass is 14.1. The van der Waals surface area contributed by atoms with E-state index in [4.69, 9.17) is 6.42 Å². The lowest BCUT2D eigenvalue weighted by Gasteiger charge is -2.09. The second kappa shape index (κ2) is 2.57. The Morgan fingerprint density at radius 1 is 1.50 bits per heavy atom. The second-order valence-corrected chi connectivity index (χ2v) is 2.15. The maximum atomic E-state index is 5.22. The molecule has 0 saturated heterocycles. The molecule has 0 fully saturated rings. The summed E-state index contributed by atoms with van der Waals surface area (Å²) < 4.78 is 0. The second-order valence-electron chi connectivity index (χ2n) is 2.15. The normalized spacial score (nSPS) is 27.1. The van der Waals surface area contributed by atoms with E-state index in [1.54, 1.807) is 0 Å². The Kier molecular flexibility index (Phi) is 1.75. The summed E-state index contributed by atoms with van der Waals surface area (Å²) in [5.74, 6) is 3.28. The van der Waals surface area contributed by atoms with Crippen LogP contribution < -0.4 is 0 Å². The molecule has 0 aliphatic heterocycles. The first-order chi connectivity index (χ1) is 3.93. The van der Waals surface area contributed by atoms with Crippen LogP contribution in [0.2, 0.25) is 0 Å². The van der Waals surface area contributed by atoms with Gasteiger partial charge >= 0.3 is 0 Å². The van der Waals surface area contributed by atoms with Gasteiger partial charge < -0.3 is 0 Å². The fourth-order valence-corrected chi connectivity index (χ4v) is 0.945. The minimum atomic E-state index is 0.528. The van der Waals surface area contributed by atoms with Gasteiger partial charge in [0.05, 0.1) is 0 Å². The van der Waals surface area contributed by atoms with E-state index in [9.17, 15) is 0 Å². The molecule has 0 heteroatoms. The third-order valence-corrected chi connectivity index (χ3v) is 1.50. The van der Waals surface area contributed by atoms with Crippen LogP contribution in [0.25, 0.3) is 0 Å². The Morgan fingerprint density at radius 2 is 2.38 bits per heavy atom. The van der Waals surface area contributed by atoms with Crippen molar-refractivity contribution in [3.63, 3.8) is 0 Å². The van der Waals surface area contributed by atoms with Gasteiger partial charge in [0.1, 0.15) is 0 Å². The van der Waals surface area contributed by atoms with Gasteiger partial charge in [-0.15, -0.1) is 12.3 Å². The van der Waals surface area contributed by atoms with E-state index in [-0.39, 0.29) is 0 Å². The number of rotatable bonds is 0. The molecule has 0 N–H and O–H groups in total. The van der Waals surface area contributed by atoms with Crippen LogP contribution in [0.4, 0.5) is 0 Å². The van der Waals surface area contributed by atoms with Gasteiger partial charge in [-0.25, -0.2) is 0 Å². The molecule has 42 valence electrons. The highest BCUT2D eigenvalue weighted by molar-refractivity contribution is 5.02.